The Kier molecular flexibility index (Phi) is 4.20. The number of rotatable bonds is 5. The first kappa shape index (κ1) is 12.9. The summed E-state index contributed by atoms with van der Waals surface area (Å²) in [6, 6.07) is 6.22. The van der Waals surface area contributed by atoms with Crippen LogP contribution in [0.5, 0.6) is 5.75 Å². The van der Waals surface area contributed by atoms with Crippen LogP contribution in [0.3, 0.4) is 0 Å². The summed E-state index contributed by atoms with van der Waals surface area (Å²) in [4.78, 5) is 13.3. The number of carbonyl (C=O) groups excluding carboxylic acids is 1. The Labute approximate surface area is 108 Å². The van der Waals surface area contributed by atoms with Crippen molar-refractivity contribution in [3.8, 4) is 5.75 Å². The van der Waals surface area contributed by atoms with Gasteiger partial charge in [0.1, 0.15) is 5.75 Å². The number of ether oxygens (including phenoxy) is 1. The molecule has 4 nitrogen and oxygen atoms in total. The molecule has 0 saturated carbocycles. The molecule has 18 heavy (non-hydrogen) atoms. The van der Waals surface area contributed by atoms with Crippen molar-refractivity contribution in [3.05, 3.63) is 29.3 Å². The lowest BCUT2D eigenvalue weighted by Crippen LogP contribution is -2.35. The maximum absolute atomic E-state index is 11.6. The zero-order valence-electron chi connectivity index (χ0n) is 11.0. The normalized spacial score (nSPS) is 13.0. The number of carbonyl (C=O) groups is 1. The number of hydrogen-bond acceptors (Lipinski definition) is 3. The minimum Gasteiger partial charge on any atom is -0.493 e. The van der Waals surface area contributed by atoms with Gasteiger partial charge in [-0.2, -0.15) is 0 Å². The van der Waals surface area contributed by atoms with Crippen LogP contribution < -0.4 is 10.1 Å². The molecule has 1 aromatic rings. The Bertz CT molecular complexity index is 432. The largest absolute Gasteiger partial charge is 0.493 e. The van der Waals surface area contributed by atoms with Crippen molar-refractivity contribution in [1.82, 2.24) is 10.2 Å². The first-order chi connectivity index (χ1) is 8.70. The van der Waals surface area contributed by atoms with Gasteiger partial charge in [0.15, 0.2) is 0 Å². The molecule has 0 aromatic heterocycles. The van der Waals surface area contributed by atoms with E-state index in [0.717, 1.165) is 31.9 Å². The molecule has 0 aliphatic carbocycles. The molecule has 0 saturated heterocycles. The van der Waals surface area contributed by atoms with E-state index < -0.39 is 0 Å². The molecule has 1 heterocycles. The molecule has 0 atom stereocenters. The third kappa shape index (κ3) is 3.01. The molecule has 1 aliphatic rings. The van der Waals surface area contributed by atoms with Crippen molar-refractivity contribution in [2.75, 3.05) is 26.7 Å². The van der Waals surface area contributed by atoms with Gasteiger partial charge in [0.05, 0.1) is 13.2 Å². The van der Waals surface area contributed by atoms with Crippen LogP contribution in [0.2, 0.25) is 0 Å². The number of amides is 1. The van der Waals surface area contributed by atoms with Crippen LogP contribution in [-0.4, -0.2) is 37.6 Å². The fraction of sp³-hybridized carbons (Fsp3) is 0.500. The highest BCUT2D eigenvalue weighted by atomic mass is 16.5. The highest BCUT2D eigenvalue weighted by Crippen LogP contribution is 2.25. The fourth-order valence-electron chi connectivity index (χ4n) is 1.97. The van der Waals surface area contributed by atoms with Gasteiger partial charge in [-0.1, -0.05) is 12.1 Å². The summed E-state index contributed by atoms with van der Waals surface area (Å²) in [6.07, 6.45) is 0.987. The topological polar surface area (TPSA) is 41.6 Å². The second kappa shape index (κ2) is 5.87. The predicted octanol–water partition coefficient (Wildman–Crippen LogP) is 1.19. The Morgan fingerprint density at radius 3 is 3.11 bits per heavy atom. The SMILES string of the molecule is CCN(C)C(=O)CNCc1ccc2c(c1)CCO2. The lowest BCUT2D eigenvalue weighted by atomic mass is 10.1. The maximum atomic E-state index is 11.6. The molecule has 2 rings (SSSR count). The quantitative estimate of drug-likeness (QED) is 0.851. The Morgan fingerprint density at radius 2 is 2.33 bits per heavy atom. The van der Waals surface area contributed by atoms with Crippen molar-refractivity contribution < 1.29 is 9.53 Å². The lowest BCUT2D eigenvalue weighted by molar-refractivity contribution is -0.128. The highest BCUT2D eigenvalue weighted by molar-refractivity contribution is 5.77. The summed E-state index contributed by atoms with van der Waals surface area (Å²) in [5.41, 5.74) is 2.47. The van der Waals surface area contributed by atoms with Gasteiger partial charge in [-0.3, -0.25) is 4.79 Å². The van der Waals surface area contributed by atoms with Gasteiger partial charge in [-0.15, -0.1) is 0 Å². The molecule has 98 valence electrons. The van der Waals surface area contributed by atoms with E-state index in [9.17, 15) is 4.79 Å². The summed E-state index contributed by atoms with van der Waals surface area (Å²) in [7, 11) is 1.82. The standard InChI is InChI=1S/C14H20N2O2/c1-3-16(2)14(17)10-15-9-11-4-5-13-12(8-11)6-7-18-13/h4-5,8,15H,3,6-7,9-10H2,1-2H3. The van der Waals surface area contributed by atoms with Crippen LogP contribution in [0.25, 0.3) is 0 Å². The van der Waals surface area contributed by atoms with Gasteiger partial charge in [0.2, 0.25) is 5.91 Å². The van der Waals surface area contributed by atoms with Crippen LogP contribution in [0.4, 0.5) is 0 Å². The van der Waals surface area contributed by atoms with Crippen LogP contribution in [-0.2, 0) is 17.8 Å². The maximum Gasteiger partial charge on any atom is 0.236 e. The van der Waals surface area contributed by atoms with E-state index in [1.54, 1.807) is 4.90 Å². The number of nitrogens with one attached hydrogen (secondary N) is 1. The van der Waals surface area contributed by atoms with E-state index in [4.69, 9.17) is 4.74 Å². The Morgan fingerprint density at radius 1 is 1.50 bits per heavy atom. The van der Waals surface area contributed by atoms with Crippen molar-refractivity contribution in [2.24, 2.45) is 0 Å². The summed E-state index contributed by atoms with van der Waals surface area (Å²) in [5, 5.41) is 3.18. The number of hydrogen-bond donors (Lipinski definition) is 1. The molecular weight excluding hydrogens is 228 g/mol. The van der Waals surface area contributed by atoms with Gasteiger partial charge in [0, 0.05) is 26.6 Å². The summed E-state index contributed by atoms with van der Waals surface area (Å²) in [6.45, 7) is 4.61. The van der Waals surface area contributed by atoms with Crippen molar-refractivity contribution in [3.63, 3.8) is 0 Å². The van der Waals surface area contributed by atoms with Crippen molar-refractivity contribution in [1.29, 1.82) is 0 Å². The molecule has 1 amide bonds. The predicted molar refractivity (Wildman–Crippen MR) is 70.7 cm³/mol. The zero-order valence-corrected chi connectivity index (χ0v) is 11.0. The first-order valence-corrected chi connectivity index (χ1v) is 6.40. The van der Waals surface area contributed by atoms with Crippen molar-refractivity contribution >= 4 is 5.91 Å². The first-order valence-electron chi connectivity index (χ1n) is 6.40. The summed E-state index contributed by atoms with van der Waals surface area (Å²) < 4.78 is 5.46. The number of likely N-dealkylation sites (N-methyl/N-ethyl adjacent to an activating group) is 1. The molecule has 0 radical (unpaired) electrons. The molecule has 0 unspecified atom stereocenters. The second-order valence-electron chi connectivity index (χ2n) is 4.55. The number of fused-ring (bicyclic) bond motifs is 1. The van der Waals surface area contributed by atoms with E-state index in [1.165, 1.54) is 11.1 Å². The van der Waals surface area contributed by atoms with E-state index in [-0.39, 0.29) is 5.91 Å². The van der Waals surface area contributed by atoms with Crippen LogP contribution in [0, 0.1) is 0 Å². The molecular formula is C14H20N2O2. The molecule has 1 aromatic carbocycles. The Hall–Kier alpha value is -1.55. The molecule has 0 bridgehead atoms. The van der Waals surface area contributed by atoms with E-state index in [1.807, 2.05) is 26.1 Å². The average molecular weight is 248 g/mol. The van der Waals surface area contributed by atoms with Gasteiger partial charge in [-0.25, -0.2) is 0 Å². The molecule has 0 fully saturated rings. The smallest absolute Gasteiger partial charge is 0.236 e. The van der Waals surface area contributed by atoms with E-state index in [0.29, 0.717) is 6.54 Å². The van der Waals surface area contributed by atoms with Gasteiger partial charge in [-0.05, 0) is 24.1 Å². The number of benzene rings is 1. The van der Waals surface area contributed by atoms with Gasteiger partial charge in [0.25, 0.3) is 0 Å². The van der Waals surface area contributed by atoms with Gasteiger partial charge >= 0.3 is 0 Å². The Balaban J connectivity index is 1.82. The third-order valence-electron chi connectivity index (χ3n) is 3.26. The van der Waals surface area contributed by atoms with E-state index in [2.05, 4.69) is 11.4 Å². The lowest BCUT2D eigenvalue weighted by Gasteiger charge is -2.14. The molecule has 4 heteroatoms. The zero-order chi connectivity index (χ0) is 13.0. The summed E-state index contributed by atoms with van der Waals surface area (Å²) >= 11 is 0. The minimum atomic E-state index is 0.127. The second-order valence-corrected chi connectivity index (χ2v) is 4.55. The number of nitrogens with zero attached hydrogens (tertiary/aromatic N) is 1. The van der Waals surface area contributed by atoms with Crippen LogP contribution in [0.1, 0.15) is 18.1 Å². The van der Waals surface area contributed by atoms with E-state index >= 15 is 0 Å². The molecule has 1 aliphatic heterocycles. The van der Waals surface area contributed by atoms with Gasteiger partial charge < -0.3 is 15.0 Å². The fourth-order valence-corrected chi connectivity index (χ4v) is 1.97. The monoisotopic (exact) mass is 248 g/mol. The highest BCUT2D eigenvalue weighted by Gasteiger charge is 2.12. The average Bonchev–Trinajstić information content (AvgIpc) is 2.85. The third-order valence-corrected chi connectivity index (χ3v) is 3.26. The molecule has 0 spiro atoms. The van der Waals surface area contributed by atoms with Crippen molar-refractivity contribution in [2.45, 2.75) is 19.9 Å². The molecule has 1 N–H and O–H groups in total. The van der Waals surface area contributed by atoms with Crippen LogP contribution >= 0.6 is 0 Å². The summed E-state index contributed by atoms with van der Waals surface area (Å²) in [5.74, 6) is 1.13. The minimum absolute atomic E-state index is 0.127. The van der Waals surface area contributed by atoms with Crippen LogP contribution in [0.15, 0.2) is 18.2 Å².